The molecule has 0 bridgehead atoms. The quantitative estimate of drug-likeness (QED) is 0.630. The van der Waals surface area contributed by atoms with Crippen molar-refractivity contribution in [2.24, 2.45) is 5.92 Å². The highest BCUT2D eigenvalue weighted by Crippen LogP contribution is 2.04. The van der Waals surface area contributed by atoms with Crippen LogP contribution >= 0.6 is 0 Å². The van der Waals surface area contributed by atoms with Gasteiger partial charge in [0.25, 0.3) is 0 Å². The molecule has 0 atom stereocenters. The second kappa shape index (κ2) is 4.67. The van der Waals surface area contributed by atoms with Crippen LogP contribution in [0, 0.1) is 5.92 Å². The molecule has 1 N–H and O–H groups in total. The van der Waals surface area contributed by atoms with Gasteiger partial charge in [0.1, 0.15) is 0 Å². The first-order valence-corrected chi connectivity index (χ1v) is 4.28. The van der Waals surface area contributed by atoms with Gasteiger partial charge in [-0.1, -0.05) is 0 Å². The zero-order valence-corrected chi connectivity index (χ0v) is 7.15. The van der Waals surface area contributed by atoms with Crippen molar-refractivity contribution in [1.82, 2.24) is 10.2 Å². The lowest BCUT2D eigenvalue weighted by molar-refractivity contribution is 0.217. The van der Waals surface area contributed by atoms with Crippen molar-refractivity contribution in [3.05, 3.63) is 0 Å². The van der Waals surface area contributed by atoms with Crippen molar-refractivity contribution >= 4 is 0 Å². The number of hydrogen-bond donors (Lipinski definition) is 1. The highest BCUT2D eigenvalue weighted by molar-refractivity contribution is 4.76. The molecule has 2 nitrogen and oxygen atoms in total. The van der Waals surface area contributed by atoms with Gasteiger partial charge in [-0.05, 0) is 19.4 Å². The molecule has 0 spiro atoms. The normalized spacial score (nSPS) is 18.8. The summed E-state index contributed by atoms with van der Waals surface area (Å²) >= 11 is 0. The first kappa shape index (κ1) is 8.94. The molecule has 0 amide bonds. The van der Waals surface area contributed by atoms with Crippen LogP contribution in [0.4, 0.5) is 4.39 Å². The molecule has 0 aromatic carbocycles. The molecular formula is C8H17FN2. The number of nitrogens with one attached hydrogen (secondary N) is 1. The van der Waals surface area contributed by atoms with Crippen LogP contribution < -0.4 is 5.32 Å². The molecule has 1 aliphatic heterocycles. The number of halogens is 1. The van der Waals surface area contributed by atoms with Crippen LogP contribution in [-0.2, 0) is 0 Å². The van der Waals surface area contributed by atoms with Crippen molar-refractivity contribution in [1.29, 1.82) is 0 Å². The molecule has 1 rings (SSSR count). The summed E-state index contributed by atoms with van der Waals surface area (Å²) in [5, 5.41) is 3.22. The number of nitrogens with zero attached hydrogens (tertiary/aromatic N) is 1. The van der Waals surface area contributed by atoms with Crippen molar-refractivity contribution in [3.63, 3.8) is 0 Å². The van der Waals surface area contributed by atoms with Crippen molar-refractivity contribution < 1.29 is 4.39 Å². The molecule has 0 unspecified atom stereocenters. The Labute approximate surface area is 67.8 Å². The Morgan fingerprint density at radius 2 is 2.27 bits per heavy atom. The van der Waals surface area contributed by atoms with Crippen molar-refractivity contribution in [3.8, 4) is 0 Å². The summed E-state index contributed by atoms with van der Waals surface area (Å²) in [6.45, 7) is 4.10. The fourth-order valence-corrected chi connectivity index (χ4v) is 1.34. The summed E-state index contributed by atoms with van der Waals surface area (Å²) < 4.78 is 11.7. The molecule has 0 aliphatic carbocycles. The summed E-state index contributed by atoms with van der Waals surface area (Å²) in [6, 6.07) is 0. The Hall–Kier alpha value is -0.150. The maximum absolute atomic E-state index is 11.7. The van der Waals surface area contributed by atoms with E-state index in [4.69, 9.17) is 0 Å². The van der Waals surface area contributed by atoms with E-state index in [1.807, 2.05) is 0 Å². The standard InChI is InChI=1S/C8H17FN2/c1-11(4-2-3-9)7-8-5-10-6-8/h8,10H,2-7H2,1H3. The minimum absolute atomic E-state index is 0.187. The minimum atomic E-state index is -0.187. The summed E-state index contributed by atoms with van der Waals surface area (Å²) in [4.78, 5) is 2.21. The van der Waals surface area contributed by atoms with Gasteiger partial charge in [-0.15, -0.1) is 0 Å². The first-order chi connectivity index (χ1) is 5.33. The van der Waals surface area contributed by atoms with E-state index in [0.29, 0.717) is 6.42 Å². The second-order valence-electron chi connectivity index (χ2n) is 3.33. The van der Waals surface area contributed by atoms with E-state index >= 15 is 0 Å². The van der Waals surface area contributed by atoms with Gasteiger partial charge < -0.3 is 10.2 Å². The highest BCUT2D eigenvalue weighted by atomic mass is 19.1. The van der Waals surface area contributed by atoms with E-state index in [9.17, 15) is 4.39 Å². The van der Waals surface area contributed by atoms with Gasteiger partial charge in [-0.25, -0.2) is 0 Å². The third-order valence-electron chi connectivity index (χ3n) is 2.11. The SMILES string of the molecule is CN(CCCF)CC1CNC1. The van der Waals surface area contributed by atoms with Gasteiger partial charge in [-0.2, -0.15) is 0 Å². The molecule has 3 heteroatoms. The van der Waals surface area contributed by atoms with Crippen molar-refractivity contribution in [2.45, 2.75) is 6.42 Å². The fourth-order valence-electron chi connectivity index (χ4n) is 1.34. The molecule has 0 radical (unpaired) electrons. The van der Waals surface area contributed by atoms with Crippen LogP contribution in [0.5, 0.6) is 0 Å². The van der Waals surface area contributed by atoms with E-state index in [0.717, 1.165) is 32.1 Å². The van der Waals surface area contributed by atoms with Crippen molar-refractivity contribution in [2.75, 3.05) is 39.9 Å². The van der Waals surface area contributed by atoms with Crippen LogP contribution in [0.1, 0.15) is 6.42 Å². The molecule has 1 aliphatic rings. The summed E-state index contributed by atoms with van der Waals surface area (Å²) in [5.41, 5.74) is 0. The van der Waals surface area contributed by atoms with E-state index in [-0.39, 0.29) is 6.67 Å². The van der Waals surface area contributed by atoms with E-state index in [2.05, 4.69) is 17.3 Å². The van der Waals surface area contributed by atoms with Crippen LogP contribution in [-0.4, -0.2) is 44.8 Å². The number of rotatable bonds is 5. The zero-order valence-electron chi connectivity index (χ0n) is 7.15. The Morgan fingerprint density at radius 1 is 1.55 bits per heavy atom. The average molecular weight is 160 g/mol. The molecule has 0 aromatic rings. The Bertz CT molecular complexity index is 104. The van der Waals surface area contributed by atoms with Gasteiger partial charge in [0.15, 0.2) is 0 Å². The molecule has 1 fully saturated rings. The Kier molecular flexibility index (Phi) is 3.80. The zero-order chi connectivity index (χ0) is 8.10. The van der Waals surface area contributed by atoms with Gasteiger partial charge in [-0.3, -0.25) is 4.39 Å². The Morgan fingerprint density at radius 3 is 2.73 bits per heavy atom. The maximum atomic E-state index is 11.7. The molecule has 0 aromatic heterocycles. The molecule has 0 saturated carbocycles. The summed E-state index contributed by atoms with van der Waals surface area (Å²) in [5.74, 6) is 0.805. The number of alkyl halides is 1. The Balaban J connectivity index is 1.95. The van der Waals surface area contributed by atoms with Gasteiger partial charge in [0.05, 0.1) is 6.67 Å². The third kappa shape index (κ3) is 3.16. The predicted molar refractivity (Wildman–Crippen MR) is 44.4 cm³/mol. The van der Waals surface area contributed by atoms with E-state index in [1.54, 1.807) is 0 Å². The third-order valence-corrected chi connectivity index (χ3v) is 2.11. The molecular weight excluding hydrogens is 143 g/mol. The molecule has 66 valence electrons. The van der Waals surface area contributed by atoms with Gasteiger partial charge in [0.2, 0.25) is 0 Å². The molecule has 11 heavy (non-hydrogen) atoms. The van der Waals surface area contributed by atoms with Crippen LogP contribution in [0.15, 0.2) is 0 Å². The summed E-state index contributed by atoms with van der Waals surface area (Å²) in [7, 11) is 2.06. The molecule has 1 saturated heterocycles. The lowest BCUT2D eigenvalue weighted by Gasteiger charge is -2.31. The topological polar surface area (TPSA) is 15.3 Å². The second-order valence-corrected chi connectivity index (χ2v) is 3.33. The molecule has 1 heterocycles. The fraction of sp³-hybridized carbons (Fsp3) is 1.00. The van der Waals surface area contributed by atoms with Gasteiger partial charge in [0, 0.05) is 26.2 Å². The lowest BCUT2D eigenvalue weighted by Crippen LogP contribution is -2.47. The van der Waals surface area contributed by atoms with E-state index in [1.165, 1.54) is 0 Å². The number of hydrogen-bond acceptors (Lipinski definition) is 2. The maximum Gasteiger partial charge on any atom is 0.0906 e. The average Bonchev–Trinajstić information content (AvgIpc) is 1.93. The summed E-state index contributed by atoms with van der Waals surface area (Å²) in [6.07, 6.45) is 0.677. The lowest BCUT2D eigenvalue weighted by atomic mass is 10.0. The largest absolute Gasteiger partial charge is 0.316 e. The van der Waals surface area contributed by atoms with Crippen LogP contribution in [0.2, 0.25) is 0 Å². The van der Waals surface area contributed by atoms with E-state index < -0.39 is 0 Å². The predicted octanol–water partition coefficient (Wildman–Crippen LogP) is 0.497. The first-order valence-electron chi connectivity index (χ1n) is 4.28. The van der Waals surface area contributed by atoms with Crippen LogP contribution in [0.25, 0.3) is 0 Å². The monoisotopic (exact) mass is 160 g/mol. The minimum Gasteiger partial charge on any atom is -0.316 e. The smallest absolute Gasteiger partial charge is 0.0906 e. The van der Waals surface area contributed by atoms with Gasteiger partial charge >= 0.3 is 0 Å². The highest BCUT2D eigenvalue weighted by Gasteiger charge is 2.17. The van der Waals surface area contributed by atoms with Crippen LogP contribution in [0.3, 0.4) is 0 Å².